The first-order chi connectivity index (χ1) is 10.2. The fourth-order valence-electron chi connectivity index (χ4n) is 2.60. The number of benzene rings is 2. The summed E-state index contributed by atoms with van der Waals surface area (Å²) in [5.74, 6) is -0.0463. The summed E-state index contributed by atoms with van der Waals surface area (Å²) in [6, 6.07) is 16.2. The number of rotatable bonds is 6. The molecule has 2 N–H and O–H groups in total. The van der Waals surface area contributed by atoms with Crippen molar-refractivity contribution in [2.24, 2.45) is 0 Å². The third-order valence-corrected chi connectivity index (χ3v) is 3.86. The van der Waals surface area contributed by atoms with E-state index in [0.29, 0.717) is 0 Å². The SMILES string of the molecule is O=C(O)Cc1ccc(NCc2ccccc2C2CC2)cc1. The fourth-order valence-corrected chi connectivity index (χ4v) is 2.60. The van der Waals surface area contributed by atoms with E-state index in [2.05, 4.69) is 29.6 Å². The molecule has 0 saturated heterocycles. The molecule has 3 heteroatoms. The summed E-state index contributed by atoms with van der Waals surface area (Å²) >= 11 is 0. The lowest BCUT2D eigenvalue weighted by Crippen LogP contribution is -2.03. The van der Waals surface area contributed by atoms with E-state index < -0.39 is 5.97 Å². The topological polar surface area (TPSA) is 49.3 Å². The predicted octanol–water partition coefficient (Wildman–Crippen LogP) is 3.80. The average molecular weight is 281 g/mol. The van der Waals surface area contributed by atoms with Crippen LogP contribution in [0.4, 0.5) is 5.69 Å². The van der Waals surface area contributed by atoms with Crippen molar-refractivity contribution in [1.29, 1.82) is 0 Å². The van der Waals surface area contributed by atoms with Crippen LogP contribution in [0.5, 0.6) is 0 Å². The highest BCUT2D eigenvalue weighted by Crippen LogP contribution is 2.41. The summed E-state index contributed by atoms with van der Waals surface area (Å²) in [5.41, 5.74) is 4.67. The minimum absolute atomic E-state index is 0.0742. The van der Waals surface area contributed by atoms with Gasteiger partial charge in [0.25, 0.3) is 0 Å². The molecule has 1 aliphatic carbocycles. The minimum Gasteiger partial charge on any atom is -0.481 e. The average Bonchev–Trinajstić information content (AvgIpc) is 3.31. The molecule has 0 aromatic heterocycles. The van der Waals surface area contributed by atoms with Gasteiger partial charge in [-0.15, -0.1) is 0 Å². The Kier molecular flexibility index (Phi) is 3.91. The molecule has 2 aromatic carbocycles. The van der Waals surface area contributed by atoms with Crippen molar-refractivity contribution < 1.29 is 9.90 Å². The monoisotopic (exact) mass is 281 g/mol. The molecule has 108 valence electrons. The molecule has 1 fully saturated rings. The molecule has 2 aromatic rings. The number of aliphatic carboxylic acids is 1. The van der Waals surface area contributed by atoms with E-state index in [-0.39, 0.29) is 6.42 Å². The van der Waals surface area contributed by atoms with Gasteiger partial charge in [-0.3, -0.25) is 4.79 Å². The van der Waals surface area contributed by atoms with Crippen molar-refractivity contribution >= 4 is 11.7 Å². The molecule has 0 amide bonds. The van der Waals surface area contributed by atoms with Gasteiger partial charge >= 0.3 is 5.97 Å². The summed E-state index contributed by atoms with van der Waals surface area (Å²) in [4.78, 5) is 10.7. The Morgan fingerprint density at radius 2 is 1.81 bits per heavy atom. The summed E-state index contributed by atoms with van der Waals surface area (Å²) < 4.78 is 0. The van der Waals surface area contributed by atoms with Crippen LogP contribution in [0, 0.1) is 0 Å². The standard InChI is InChI=1S/C18H19NO2/c20-18(21)11-13-5-9-16(10-6-13)19-12-15-3-1-2-4-17(15)14-7-8-14/h1-6,9-10,14,19H,7-8,11-12H2,(H,20,21). The molecule has 0 heterocycles. The number of carbonyl (C=O) groups is 1. The second kappa shape index (κ2) is 6.00. The second-order valence-electron chi connectivity index (χ2n) is 5.59. The number of carboxylic acid groups (broad SMARTS) is 1. The maximum atomic E-state index is 10.7. The summed E-state index contributed by atoms with van der Waals surface area (Å²) in [6.45, 7) is 0.810. The zero-order valence-corrected chi connectivity index (χ0v) is 11.9. The van der Waals surface area contributed by atoms with Crippen LogP contribution in [0.2, 0.25) is 0 Å². The van der Waals surface area contributed by atoms with Crippen LogP contribution in [0.25, 0.3) is 0 Å². The predicted molar refractivity (Wildman–Crippen MR) is 83.5 cm³/mol. The maximum absolute atomic E-state index is 10.7. The van der Waals surface area contributed by atoms with Crippen LogP contribution in [0.15, 0.2) is 48.5 Å². The van der Waals surface area contributed by atoms with Gasteiger partial charge in [0.15, 0.2) is 0 Å². The quantitative estimate of drug-likeness (QED) is 0.846. The molecule has 0 atom stereocenters. The molecule has 0 unspecified atom stereocenters. The van der Waals surface area contributed by atoms with E-state index >= 15 is 0 Å². The molecule has 3 rings (SSSR count). The second-order valence-corrected chi connectivity index (χ2v) is 5.59. The molecular formula is C18H19NO2. The Balaban J connectivity index is 1.63. The molecular weight excluding hydrogens is 262 g/mol. The molecule has 3 nitrogen and oxygen atoms in total. The van der Waals surface area contributed by atoms with Gasteiger partial charge in [0.2, 0.25) is 0 Å². The minimum atomic E-state index is -0.797. The van der Waals surface area contributed by atoms with E-state index in [1.807, 2.05) is 24.3 Å². The maximum Gasteiger partial charge on any atom is 0.307 e. The van der Waals surface area contributed by atoms with Crippen molar-refractivity contribution in [2.45, 2.75) is 31.7 Å². The molecule has 0 aliphatic heterocycles. The largest absolute Gasteiger partial charge is 0.481 e. The van der Waals surface area contributed by atoms with E-state index in [1.165, 1.54) is 24.0 Å². The van der Waals surface area contributed by atoms with Gasteiger partial charge in [-0.05, 0) is 47.6 Å². The molecule has 1 aliphatic rings. The first kappa shape index (κ1) is 13.7. The van der Waals surface area contributed by atoms with E-state index in [9.17, 15) is 4.79 Å². The Bertz CT molecular complexity index is 630. The first-order valence-corrected chi connectivity index (χ1v) is 7.35. The number of hydrogen-bond acceptors (Lipinski definition) is 2. The Labute approximate surface area is 124 Å². The molecule has 0 bridgehead atoms. The fraction of sp³-hybridized carbons (Fsp3) is 0.278. The Morgan fingerprint density at radius 1 is 1.10 bits per heavy atom. The Hall–Kier alpha value is -2.29. The summed E-state index contributed by atoms with van der Waals surface area (Å²) in [5, 5.41) is 12.2. The van der Waals surface area contributed by atoms with Crippen LogP contribution < -0.4 is 5.32 Å². The lowest BCUT2D eigenvalue weighted by atomic mass is 10.0. The summed E-state index contributed by atoms with van der Waals surface area (Å²) in [6.07, 6.45) is 2.69. The number of nitrogens with one attached hydrogen (secondary N) is 1. The number of hydrogen-bond donors (Lipinski definition) is 2. The van der Waals surface area contributed by atoms with Crippen molar-refractivity contribution in [2.75, 3.05) is 5.32 Å². The van der Waals surface area contributed by atoms with Crippen molar-refractivity contribution in [3.8, 4) is 0 Å². The molecule has 1 saturated carbocycles. The van der Waals surface area contributed by atoms with Crippen molar-refractivity contribution in [1.82, 2.24) is 0 Å². The van der Waals surface area contributed by atoms with Gasteiger partial charge < -0.3 is 10.4 Å². The molecule has 0 radical (unpaired) electrons. The van der Waals surface area contributed by atoms with Gasteiger partial charge in [0.1, 0.15) is 0 Å². The first-order valence-electron chi connectivity index (χ1n) is 7.35. The van der Waals surface area contributed by atoms with Gasteiger partial charge in [-0.2, -0.15) is 0 Å². The van der Waals surface area contributed by atoms with Crippen molar-refractivity contribution in [3.05, 3.63) is 65.2 Å². The lowest BCUT2D eigenvalue weighted by Gasteiger charge is -2.11. The number of carboxylic acids is 1. The van der Waals surface area contributed by atoms with E-state index in [4.69, 9.17) is 5.11 Å². The third kappa shape index (κ3) is 3.63. The smallest absolute Gasteiger partial charge is 0.307 e. The highest BCUT2D eigenvalue weighted by molar-refractivity contribution is 5.70. The van der Waals surface area contributed by atoms with Gasteiger partial charge in [0, 0.05) is 12.2 Å². The molecule has 0 spiro atoms. The lowest BCUT2D eigenvalue weighted by molar-refractivity contribution is -0.136. The zero-order valence-electron chi connectivity index (χ0n) is 11.9. The third-order valence-electron chi connectivity index (χ3n) is 3.86. The van der Waals surface area contributed by atoms with E-state index in [1.54, 1.807) is 0 Å². The van der Waals surface area contributed by atoms with Crippen LogP contribution in [0.1, 0.15) is 35.4 Å². The van der Waals surface area contributed by atoms with Gasteiger partial charge in [-0.25, -0.2) is 0 Å². The van der Waals surface area contributed by atoms with Crippen molar-refractivity contribution in [3.63, 3.8) is 0 Å². The highest BCUT2D eigenvalue weighted by atomic mass is 16.4. The molecule has 21 heavy (non-hydrogen) atoms. The highest BCUT2D eigenvalue weighted by Gasteiger charge is 2.25. The Morgan fingerprint density at radius 3 is 2.48 bits per heavy atom. The van der Waals surface area contributed by atoms with Crippen LogP contribution in [-0.2, 0) is 17.8 Å². The van der Waals surface area contributed by atoms with Gasteiger partial charge in [0.05, 0.1) is 6.42 Å². The zero-order chi connectivity index (χ0) is 14.7. The van der Waals surface area contributed by atoms with Crippen LogP contribution in [-0.4, -0.2) is 11.1 Å². The van der Waals surface area contributed by atoms with Crippen LogP contribution >= 0.6 is 0 Å². The van der Waals surface area contributed by atoms with E-state index in [0.717, 1.165) is 23.7 Å². The number of anilines is 1. The summed E-state index contributed by atoms with van der Waals surface area (Å²) in [7, 11) is 0. The van der Waals surface area contributed by atoms with Gasteiger partial charge in [-0.1, -0.05) is 36.4 Å². The normalized spacial score (nSPS) is 13.9. The van der Waals surface area contributed by atoms with Crippen LogP contribution in [0.3, 0.4) is 0 Å².